The molecule has 0 unspecified atom stereocenters. The van der Waals surface area contributed by atoms with Gasteiger partial charge in [-0.25, -0.2) is 0 Å². The van der Waals surface area contributed by atoms with Crippen molar-refractivity contribution in [1.29, 1.82) is 0 Å². The third-order valence-electron chi connectivity index (χ3n) is 1.76. The van der Waals surface area contributed by atoms with Crippen molar-refractivity contribution in [3.63, 3.8) is 0 Å². The molecule has 1 aliphatic heterocycles. The molecule has 0 fully saturated rings. The third kappa shape index (κ3) is 1.42. The number of hydrogen-bond donors (Lipinski definition) is 0. The van der Waals surface area contributed by atoms with E-state index in [0.717, 1.165) is 0 Å². The fraction of sp³-hybridized carbons (Fsp3) is 0. The molecule has 0 aromatic heterocycles. The van der Waals surface area contributed by atoms with Crippen LogP contribution in [0.4, 0.5) is 0 Å². The number of fused-ring (bicyclic) bond motifs is 1. The van der Waals surface area contributed by atoms with Crippen molar-refractivity contribution in [2.75, 3.05) is 0 Å². The maximum atomic E-state index is 11.0. The summed E-state index contributed by atoms with van der Waals surface area (Å²) in [4.78, 5) is 22.0. The summed E-state index contributed by atoms with van der Waals surface area (Å²) in [6.07, 6.45) is 0. The van der Waals surface area contributed by atoms with E-state index < -0.39 is 11.8 Å². The van der Waals surface area contributed by atoms with Gasteiger partial charge in [0.25, 0.3) is 11.8 Å². The molecule has 0 saturated carbocycles. The van der Waals surface area contributed by atoms with Crippen molar-refractivity contribution in [3.8, 4) is 0 Å². The van der Waals surface area contributed by atoms with Crippen LogP contribution in [0, 0.1) is 5.21 Å². The Hall–Kier alpha value is -0.680. The second-order valence-electron chi connectivity index (χ2n) is 2.45. The van der Waals surface area contributed by atoms with Crippen molar-refractivity contribution in [3.05, 3.63) is 40.6 Å². The number of imide groups is 1. The molecule has 1 aromatic carbocycles. The fourth-order valence-electron chi connectivity index (χ4n) is 1.17. The van der Waals surface area contributed by atoms with Gasteiger partial charge in [-0.3, -0.25) is 9.59 Å². The van der Waals surface area contributed by atoms with Gasteiger partial charge in [0.1, 0.15) is 0 Å². The molecule has 0 saturated heterocycles. The second kappa shape index (κ2) is 3.59. The van der Waals surface area contributed by atoms with Crippen LogP contribution in [0.15, 0.2) is 24.3 Å². The van der Waals surface area contributed by atoms with Gasteiger partial charge in [-0.1, -0.05) is 12.1 Å². The molecule has 0 aliphatic carbocycles. The molecular formula is C8H4NNaO3. The number of rotatable bonds is 0. The quantitative estimate of drug-likeness (QED) is 0.340. The molecule has 0 radical (unpaired) electrons. The van der Waals surface area contributed by atoms with Crippen molar-refractivity contribution < 1.29 is 39.1 Å². The number of nitrogens with zero attached hydrogens (tertiary/aromatic N) is 1. The van der Waals surface area contributed by atoms with E-state index in [4.69, 9.17) is 0 Å². The average molecular weight is 185 g/mol. The smallest absolute Gasteiger partial charge is 0.749 e. The average Bonchev–Trinajstić information content (AvgIpc) is 2.33. The Morgan fingerprint density at radius 3 is 1.77 bits per heavy atom. The summed E-state index contributed by atoms with van der Waals surface area (Å²) in [5, 5.41) is 10.7. The summed E-state index contributed by atoms with van der Waals surface area (Å²) in [6, 6.07) is 6.16. The van der Waals surface area contributed by atoms with Crippen LogP contribution in [0.2, 0.25) is 0 Å². The zero-order valence-electron chi connectivity index (χ0n) is 6.98. The molecule has 0 spiro atoms. The van der Waals surface area contributed by atoms with E-state index in [1.807, 2.05) is 0 Å². The van der Waals surface area contributed by atoms with E-state index in [0.29, 0.717) is 0 Å². The Morgan fingerprint density at radius 2 is 1.38 bits per heavy atom. The van der Waals surface area contributed by atoms with Crippen LogP contribution in [0.3, 0.4) is 0 Å². The van der Waals surface area contributed by atoms with E-state index in [9.17, 15) is 14.8 Å². The van der Waals surface area contributed by atoms with Crippen molar-refractivity contribution in [1.82, 2.24) is 5.06 Å². The van der Waals surface area contributed by atoms with Gasteiger partial charge in [-0.05, 0) is 12.1 Å². The number of hydrogen-bond acceptors (Lipinski definition) is 3. The van der Waals surface area contributed by atoms with E-state index in [-0.39, 0.29) is 45.7 Å². The largest absolute Gasteiger partial charge is 1.00 e. The Kier molecular flexibility index (Phi) is 2.87. The first kappa shape index (κ1) is 10.4. The first-order valence-electron chi connectivity index (χ1n) is 3.37. The molecule has 60 valence electrons. The minimum Gasteiger partial charge on any atom is -0.749 e. The summed E-state index contributed by atoms with van der Waals surface area (Å²) in [5.74, 6) is -1.54. The van der Waals surface area contributed by atoms with E-state index in [1.54, 1.807) is 12.1 Å². The van der Waals surface area contributed by atoms with Gasteiger partial charge in [-0.15, -0.1) is 0 Å². The van der Waals surface area contributed by atoms with Crippen LogP contribution >= 0.6 is 0 Å². The topological polar surface area (TPSA) is 60.4 Å². The molecule has 4 nitrogen and oxygen atoms in total. The zero-order valence-corrected chi connectivity index (χ0v) is 8.98. The van der Waals surface area contributed by atoms with Crippen LogP contribution in [-0.2, 0) is 0 Å². The summed E-state index contributed by atoms with van der Waals surface area (Å²) in [7, 11) is 0. The standard InChI is InChI=1S/C8H4NO3.Na/c10-7-5-3-1-2-4-6(5)8(11)9(7)12;/h1-4H;/q-1;+1. The first-order valence-corrected chi connectivity index (χ1v) is 3.37. The minimum atomic E-state index is -0.768. The SMILES string of the molecule is O=C1c2ccccc2C(=O)N1[O-].[Na+]. The molecule has 0 atom stereocenters. The van der Waals surface area contributed by atoms with Gasteiger partial charge in [0, 0.05) is 0 Å². The van der Waals surface area contributed by atoms with Crippen LogP contribution in [0.5, 0.6) is 0 Å². The zero-order chi connectivity index (χ0) is 8.72. The Morgan fingerprint density at radius 1 is 1.00 bits per heavy atom. The molecule has 2 rings (SSSR count). The van der Waals surface area contributed by atoms with E-state index >= 15 is 0 Å². The van der Waals surface area contributed by atoms with Crippen LogP contribution in [-0.4, -0.2) is 16.9 Å². The van der Waals surface area contributed by atoms with E-state index in [1.165, 1.54) is 12.1 Å². The first-order chi connectivity index (χ1) is 5.72. The predicted octanol–water partition coefficient (Wildman–Crippen LogP) is -2.22. The number of benzene rings is 1. The number of amides is 2. The second-order valence-corrected chi connectivity index (χ2v) is 2.45. The summed E-state index contributed by atoms with van der Waals surface area (Å²) in [5.41, 5.74) is 0.384. The van der Waals surface area contributed by atoms with E-state index in [2.05, 4.69) is 0 Å². The van der Waals surface area contributed by atoms with Gasteiger partial charge in [0.2, 0.25) is 0 Å². The number of carbonyl (C=O) groups excluding carboxylic acids is 2. The van der Waals surface area contributed by atoms with Gasteiger partial charge < -0.3 is 10.3 Å². The van der Waals surface area contributed by atoms with Crippen molar-refractivity contribution in [2.24, 2.45) is 0 Å². The molecule has 0 bridgehead atoms. The monoisotopic (exact) mass is 185 g/mol. The summed E-state index contributed by atoms with van der Waals surface area (Å²) in [6.45, 7) is 0. The fourth-order valence-corrected chi connectivity index (χ4v) is 1.17. The number of hydroxylamine groups is 2. The third-order valence-corrected chi connectivity index (χ3v) is 1.76. The van der Waals surface area contributed by atoms with Crippen LogP contribution in [0.1, 0.15) is 20.7 Å². The maximum Gasteiger partial charge on any atom is 1.00 e. The van der Waals surface area contributed by atoms with Crippen molar-refractivity contribution in [2.45, 2.75) is 0 Å². The molecule has 5 heteroatoms. The Balaban J connectivity index is 0.000000845. The predicted molar refractivity (Wildman–Crippen MR) is 40.3 cm³/mol. The Bertz CT molecular complexity index is 342. The number of carbonyl (C=O) groups is 2. The normalized spacial score (nSPS) is 14.1. The molecule has 1 aromatic rings. The molecule has 0 N–H and O–H groups in total. The van der Waals surface area contributed by atoms with Gasteiger partial charge in [0.05, 0.1) is 11.1 Å². The Labute approximate surface area is 96.4 Å². The van der Waals surface area contributed by atoms with Crippen molar-refractivity contribution >= 4 is 11.8 Å². The van der Waals surface area contributed by atoms with Crippen LogP contribution < -0.4 is 29.6 Å². The van der Waals surface area contributed by atoms with Gasteiger partial charge in [0.15, 0.2) is 0 Å². The van der Waals surface area contributed by atoms with Gasteiger partial charge >= 0.3 is 29.6 Å². The molecule has 2 amide bonds. The molecule has 1 aliphatic rings. The molecular weight excluding hydrogens is 181 g/mol. The van der Waals surface area contributed by atoms with Gasteiger partial charge in [-0.2, -0.15) is 0 Å². The summed E-state index contributed by atoms with van der Waals surface area (Å²) >= 11 is 0. The maximum absolute atomic E-state index is 11.0. The summed E-state index contributed by atoms with van der Waals surface area (Å²) < 4.78 is 0. The molecule has 13 heavy (non-hydrogen) atoms. The minimum absolute atomic E-state index is 0. The molecule has 1 heterocycles. The van der Waals surface area contributed by atoms with Crippen LogP contribution in [0.25, 0.3) is 0 Å².